The number of carboxylic acids is 1. The van der Waals surface area contributed by atoms with Crippen LogP contribution in [0.25, 0.3) is 0 Å². The highest BCUT2D eigenvalue weighted by Gasteiger charge is 2.29. The molecule has 0 aliphatic rings. The van der Waals surface area contributed by atoms with E-state index in [1.807, 2.05) is 6.92 Å². The van der Waals surface area contributed by atoms with Gasteiger partial charge in [-0.25, -0.2) is 4.79 Å². The molecule has 100 valence electrons. The summed E-state index contributed by atoms with van der Waals surface area (Å²) in [6, 6.07) is -0.199. The van der Waals surface area contributed by atoms with Crippen molar-refractivity contribution in [3.8, 4) is 0 Å². The summed E-state index contributed by atoms with van der Waals surface area (Å²) < 4.78 is 0. The molecule has 2 amide bonds. The van der Waals surface area contributed by atoms with Crippen molar-refractivity contribution in [1.29, 1.82) is 0 Å². The molecule has 0 aromatic rings. The minimum Gasteiger partial charge on any atom is -0.480 e. The minimum absolute atomic E-state index is 0.0347. The molecule has 0 spiro atoms. The van der Waals surface area contributed by atoms with E-state index in [9.17, 15) is 9.59 Å². The fraction of sp³-hybridized carbons (Fsp3) is 0.833. The van der Waals surface area contributed by atoms with E-state index in [4.69, 9.17) is 5.11 Å². The Bertz CT molecular complexity index is 284. The first-order chi connectivity index (χ1) is 7.61. The van der Waals surface area contributed by atoms with E-state index in [0.29, 0.717) is 6.54 Å². The van der Waals surface area contributed by atoms with Gasteiger partial charge in [-0.05, 0) is 19.3 Å². The van der Waals surface area contributed by atoms with E-state index in [2.05, 4.69) is 20.8 Å². The Hall–Kier alpha value is -1.26. The van der Waals surface area contributed by atoms with Crippen molar-refractivity contribution in [3.63, 3.8) is 0 Å². The summed E-state index contributed by atoms with van der Waals surface area (Å²) in [5, 5.41) is 8.73. The van der Waals surface area contributed by atoms with Gasteiger partial charge in [0.15, 0.2) is 0 Å². The lowest BCUT2D eigenvalue weighted by Gasteiger charge is -2.37. The Labute approximate surface area is 103 Å². The molecule has 0 aliphatic heterocycles. The molecule has 0 saturated carbocycles. The van der Waals surface area contributed by atoms with Crippen molar-refractivity contribution in [2.75, 3.05) is 20.1 Å². The van der Waals surface area contributed by atoms with Crippen LogP contribution in [0.5, 0.6) is 0 Å². The van der Waals surface area contributed by atoms with Gasteiger partial charge < -0.3 is 14.9 Å². The van der Waals surface area contributed by atoms with Crippen molar-refractivity contribution in [1.82, 2.24) is 9.80 Å². The summed E-state index contributed by atoms with van der Waals surface area (Å²) in [5.41, 5.74) is -0.0347. The third-order valence-corrected chi connectivity index (χ3v) is 3.11. The summed E-state index contributed by atoms with van der Waals surface area (Å²) in [6.07, 6.45) is 0. The zero-order valence-corrected chi connectivity index (χ0v) is 11.6. The number of amides is 2. The monoisotopic (exact) mass is 244 g/mol. The third-order valence-electron chi connectivity index (χ3n) is 3.11. The number of likely N-dealkylation sites (N-methyl/N-ethyl adjacent to an activating group) is 1. The number of carbonyl (C=O) groups excluding carboxylic acids is 1. The van der Waals surface area contributed by atoms with Gasteiger partial charge in [-0.3, -0.25) is 4.79 Å². The summed E-state index contributed by atoms with van der Waals surface area (Å²) in [6.45, 7) is 10.0. The number of hydrogen-bond acceptors (Lipinski definition) is 2. The highest BCUT2D eigenvalue weighted by molar-refractivity contribution is 5.80. The second-order valence-electron chi connectivity index (χ2n) is 5.34. The van der Waals surface area contributed by atoms with E-state index < -0.39 is 5.97 Å². The third kappa shape index (κ3) is 4.63. The molecule has 1 N–H and O–H groups in total. The van der Waals surface area contributed by atoms with Crippen LogP contribution < -0.4 is 0 Å². The first kappa shape index (κ1) is 15.7. The normalized spacial score (nSPS) is 13.1. The molecule has 0 rings (SSSR count). The summed E-state index contributed by atoms with van der Waals surface area (Å²) in [4.78, 5) is 25.7. The Balaban J connectivity index is 4.72. The lowest BCUT2D eigenvalue weighted by atomic mass is 9.87. The zero-order chi connectivity index (χ0) is 13.8. The summed E-state index contributed by atoms with van der Waals surface area (Å²) in [5.74, 6) is -0.989. The van der Waals surface area contributed by atoms with Crippen LogP contribution in [-0.2, 0) is 4.79 Å². The van der Waals surface area contributed by atoms with Crippen molar-refractivity contribution in [2.24, 2.45) is 5.41 Å². The Morgan fingerprint density at radius 2 is 1.76 bits per heavy atom. The minimum atomic E-state index is -0.989. The highest BCUT2D eigenvalue weighted by atomic mass is 16.4. The lowest BCUT2D eigenvalue weighted by molar-refractivity contribution is -0.137. The number of aliphatic carboxylic acids is 1. The van der Waals surface area contributed by atoms with Crippen LogP contribution in [0.3, 0.4) is 0 Å². The van der Waals surface area contributed by atoms with Crippen LogP contribution in [0.1, 0.15) is 34.6 Å². The Kier molecular flexibility index (Phi) is 5.45. The fourth-order valence-electron chi connectivity index (χ4n) is 1.45. The molecule has 0 heterocycles. The van der Waals surface area contributed by atoms with Gasteiger partial charge in [-0.1, -0.05) is 20.8 Å². The number of hydrogen-bond donors (Lipinski definition) is 1. The number of nitrogens with zero attached hydrogens (tertiary/aromatic N) is 2. The average molecular weight is 244 g/mol. The van der Waals surface area contributed by atoms with Gasteiger partial charge in [0.05, 0.1) is 0 Å². The van der Waals surface area contributed by atoms with E-state index in [0.717, 1.165) is 0 Å². The Morgan fingerprint density at radius 3 is 2.06 bits per heavy atom. The predicted octanol–water partition coefficient (Wildman–Crippen LogP) is 1.88. The molecule has 5 heteroatoms. The standard InChI is InChI=1S/C12H24N2O3/c1-7-14(8-10(15)16)11(17)13(6)9(2)12(3,4)5/h9H,7-8H2,1-6H3,(H,15,16). The van der Waals surface area contributed by atoms with E-state index in [1.165, 1.54) is 4.90 Å². The second kappa shape index (κ2) is 5.89. The van der Waals surface area contributed by atoms with Crippen LogP contribution in [0.4, 0.5) is 4.79 Å². The molecule has 0 aromatic carbocycles. The second-order valence-corrected chi connectivity index (χ2v) is 5.34. The fourth-order valence-corrected chi connectivity index (χ4v) is 1.45. The van der Waals surface area contributed by atoms with Gasteiger partial charge in [0.1, 0.15) is 6.54 Å². The molecule has 0 aliphatic carbocycles. The molecule has 0 fully saturated rings. The van der Waals surface area contributed by atoms with E-state index in [-0.39, 0.29) is 24.0 Å². The molecule has 0 aromatic heterocycles. The first-order valence-electron chi connectivity index (χ1n) is 5.84. The summed E-state index contributed by atoms with van der Waals surface area (Å²) >= 11 is 0. The molecule has 1 unspecified atom stereocenters. The van der Waals surface area contributed by atoms with Crippen molar-refractivity contribution in [2.45, 2.75) is 40.7 Å². The van der Waals surface area contributed by atoms with Crippen LogP contribution in [0, 0.1) is 5.41 Å². The molecular weight excluding hydrogens is 220 g/mol. The van der Waals surface area contributed by atoms with Crippen molar-refractivity contribution >= 4 is 12.0 Å². The SMILES string of the molecule is CCN(CC(=O)O)C(=O)N(C)C(C)C(C)(C)C. The molecule has 0 radical (unpaired) electrons. The smallest absolute Gasteiger partial charge is 0.323 e. The van der Waals surface area contributed by atoms with Crippen LogP contribution >= 0.6 is 0 Å². The maximum absolute atomic E-state index is 12.1. The van der Waals surface area contributed by atoms with E-state index in [1.54, 1.807) is 18.9 Å². The quantitative estimate of drug-likeness (QED) is 0.821. The van der Waals surface area contributed by atoms with Gasteiger partial charge in [0.25, 0.3) is 0 Å². The molecular formula is C12H24N2O3. The van der Waals surface area contributed by atoms with Gasteiger partial charge in [-0.2, -0.15) is 0 Å². The number of urea groups is 1. The Morgan fingerprint density at radius 1 is 1.29 bits per heavy atom. The molecule has 0 saturated heterocycles. The number of rotatable bonds is 4. The molecule has 5 nitrogen and oxygen atoms in total. The van der Waals surface area contributed by atoms with Crippen LogP contribution in [-0.4, -0.2) is 53.1 Å². The van der Waals surface area contributed by atoms with E-state index >= 15 is 0 Å². The summed E-state index contributed by atoms with van der Waals surface area (Å²) in [7, 11) is 1.71. The molecule has 0 bridgehead atoms. The number of carboxylic acid groups (broad SMARTS) is 1. The zero-order valence-electron chi connectivity index (χ0n) is 11.6. The first-order valence-corrected chi connectivity index (χ1v) is 5.84. The topological polar surface area (TPSA) is 60.9 Å². The molecule has 17 heavy (non-hydrogen) atoms. The van der Waals surface area contributed by atoms with Gasteiger partial charge in [-0.15, -0.1) is 0 Å². The van der Waals surface area contributed by atoms with Crippen molar-refractivity contribution < 1.29 is 14.7 Å². The maximum Gasteiger partial charge on any atom is 0.323 e. The average Bonchev–Trinajstić information content (AvgIpc) is 2.21. The maximum atomic E-state index is 12.1. The predicted molar refractivity (Wildman–Crippen MR) is 67.0 cm³/mol. The van der Waals surface area contributed by atoms with Gasteiger partial charge in [0, 0.05) is 19.6 Å². The highest BCUT2D eigenvalue weighted by Crippen LogP contribution is 2.23. The molecule has 1 atom stereocenters. The van der Waals surface area contributed by atoms with Gasteiger partial charge in [0.2, 0.25) is 0 Å². The van der Waals surface area contributed by atoms with Gasteiger partial charge >= 0.3 is 12.0 Å². The van der Waals surface area contributed by atoms with Crippen LogP contribution in [0.15, 0.2) is 0 Å². The van der Waals surface area contributed by atoms with Crippen molar-refractivity contribution in [3.05, 3.63) is 0 Å². The largest absolute Gasteiger partial charge is 0.480 e. The van der Waals surface area contributed by atoms with Crippen LogP contribution in [0.2, 0.25) is 0 Å². The number of carbonyl (C=O) groups is 2. The lowest BCUT2D eigenvalue weighted by Crippen LogP contribution is -2.50.